The highest BCUT2D eigenvalue weighted by atomic mass is 32.1. The number of rotatable bonds is 3. The van der Waals surface area contributed by atoms with Crippen LogP contribution in [0.2, 0.25) is 0 Å². The van der Waals surface area contributed by atoms with Crippen LogP contribution in [-0.2, 0) is 6.54 Å². The van der Waals surface area contributed by atoms with E-state index in [0.717, 1.165) is 10.7 Å². The number of hydrogen-bond acceptors (Lipinski definition) is 6. The summed E-state index contributed by atoms with van der Waals surface area (Å²) < 4.78 is 1.73. The molecule has 0 aliphatic carbocycles. The fourth-order valence-corrected chi connectivity index (χ4v) is 2.13. The summed E-state index contributed by atoms with van der Waals surface area (Å²) in [6, 6.07) is 1.79. The molecule has 0 N–H and O–H groups in total. The highest BCUT2D eigenvalue weighted by Gasteiger charge is 2.07. The second-order valence-electron chi connectivity index (χ2n) is 3.32. The zero-order valence-electron chi connectivity index (χ0n) is 8.76. The maximum atomic E-state index is 4.46. The fourth-order valence-electron chi connectivity index (χ4n) is 1.37. The van der Waals surface area contributed by atoms with Gasteiger partial charge in [0.05, 0.1) is 18.4 Å². The van der Waals surface area contributed by atoms with Crippen molar-refractivity contribution < 1.29 is 0 Å². The number of thiazole rings is 1. The Morgan fingerprint density at radius 2 is 2.06 bits per heavy atom. The molecule has 0 atom stereocenters. The zero-order chi connectivity index (χ0) is 11.5. The molecule has 0 radical (unpaired) electrons. The van der Waals surface area contributed by atoms with Crippen LogP contribution in [-0.4, -0.2) is 29.9 Å². The summed E-state index contributed by atoms with van der Waals surface area (Å²) in [6.07, 6.45) is 6.87. The van der Waals surface area contributed by atoms with Crippen LogP contribution < -0.4 is 0 Å². The van der Waals surface area contributed by atoms with Crippen molar-refractivity contribution in [1.82, 2.24) is 29.9 Å². The van der Waals surface area contributed by atoms with Gasteiger partial charge in [-0.1, -0.05) is 5.21 Å². The largest absolute Gasteiger partial charge is 0.247 e. The van der Waals surface area contributed by atoms with Crippen LogP contribution >= 0.6 is 11.3 Å². The molecule has 3 rings (SSSR count). The predicted molar refractivity (Wildman–Crippen MR) is 62.3 cm³/mol. The predicted octanol–water partition coefficient (Wildman–Crippen LogP) is 1.24. The Labute approximate surface area is 101 Å². The maximum absolute atomic E-state index is 4.46. The molecule has 6 nitrogen and oxygen atoms in total. The average Bonchev–Trinajstić information content (AvgIpc) is 3.02. The third kappa shape index (κ3) is 2.18. The van der Waals surface area contributed by atoms with E-state index >= 15 is 0 Å². The lowest BCUT2D eigenvalue weighted by atomic mass is 10.5. The van der Waals surface area contributed by atoms with E-state index < -0.39 is 0 Å². The Morgan fingerprint density at radius 3 is 2.82 bits per heavy atom. The topological polar surface area (TPSA) is 69.4 Å². The van der Waals surface area contributed by atoms with E-state index in [1.165, 1.54) is 11.3 Å². The minimum Gasteiger partial charge on any atom is -0.247 e. The summed E-state index contributed by atoms with van der Waals surface area (Å²) in [7, 11) is 0. The summed E-state index contributed by atoms with van der Waals surface area (Å²) in [5.74, 6) is 0.655. The third-order valence-corrected chi connectivity index (χ3v) is 2.99. The monoisotopic (exact) mass is 244 g/mol. The van der Waals surface area contributed by atoms with Crippen molar-refractivity contribution in [3.63, 3.8) is 0 Å². The van der Waals surface area contributed by atoms with Crippen molar-refractivity contribution in [1.29, 1.82) is 0 Å². The van der Waals surface area contributed by atoms with Crippen molar-refractivity contribution in [3.05, 3.63) is 41.9 Å². The molecule has 0 amide bonds. The summed E-state index contributed by atoms with van der Waals surface area (Å²) >= 11 is 1.53. The lowest BCUT2D eigenvalue weighted by Gasteiger charge is -1.95. The van der Waals surface area contributed by atoms with Gasteiger partial charge in [-0.25, -0.2) is 19.6 Å². The van der Waals surface area contributed by atoms with Gasteiger partial charge in [0, 0.05) is 24.0 Å². The van der Waals surface area contributed by atoms with Crippen molar-refractivity contribution in [2.75, 3.05) is 0 Å². The summed E-state index contributed by atoms with van der Waals surface area (Å²) in [6.45, 7) is 0.614. The highest BCUT2D eigenvalue weighted by Crippen LogP contribution is 2.19. The standard InChI is InChI=1S/C10H8N6S/c1-2-11-9(12-3-1)10-14-8(7-17-10)6-16-5-4-13-15-16/h1-5,7H,6H2. The van der Waals surface area contributed by atoms with Crippen LogP contribution in [0.4, 0.5) is 0 Å². The Hall–Kier alpha value is -2.15. The van der Waals surface area contributed by atoms with Crippen molar-refractivity contribution in [2.45, 2.75) is 6.54 Å². The number of nitrogens with zero attached hydrogens (tertiary/aromatic N) is 6. The van der Waals surface area contributed by atoms with Gasteiger partial charge in [0.1, 0.15) is 0 Å². The lowest BCUT2D eigenvalue weighted by Crippen LogP contribution is -2.00. The third-order valence-electron chi connectivity index (χ3n) is 2.10. The minimum atomic E-state index is 0.614. The first-order valence-electron chi connectivity index (χ1n) is 4.98. The van der Waals surface area contributed by atoms with Crippen molar-refractivity contribution >= 4 is 11.3 Å². The molecule has 0 aliphatic rings. The molecule has 0 spiro atoms. The van der Waals surface area contributed by atoms with Gasteiger partial charge in [0.15, 0.2) is 10.8 Å². The zero-order valence-corrected chi connectivity index (χ0v) is 9.58. The lowest BCUT2D eigenvalue weighted by molar-refractivity contribution is 0.641. The molecule has 3 heterocycles. The molecular weight excluding hydrogens is 236 g/mol. The Kier molecular flexibility index (Phi) is 2.59. The first kappa shape index (κ1) is 10.0. The highest BCUT2D eigenvalue weighted by molar-refractivity contribution is 7.13. The van der Waals surface area contributed by atoms with E-state index in [0.29, 0.717) is 12.4 Å². The van der Waals surface area contributed by atoms with Crippen molar-refractivity contribution in [2.24, 2.45) is 0 Å². The van der Waals surface area contributed by atoms with Crippen LogP contribution in [0.3, 0.4) is 0 Å². The quantitative estimate of drug-likeness (QED) is 0.693. The van der Waals surface area contributed by atoms with Crippen molar-refractivity contribution in [3.8, 4) is 10.8 Å². The van der Waals surface area contributed by atoms with Crippen LogP contribution in [0.15, 0.2) is 36.2 Å². The molecule has 0 aromatic carbocycles. The van der Waals surface area contributed by atoms with E-state index in [-0.39, 0.29) is 0 Å². The molecule has 0 unspecified atom stereocenters. The number of hydrogen-bond donors (Lipinski definition) is 0. The van der Waals surface area contributed by atoms with Crippen LogP contribution in [0.25, 0.3) is 10.8 Å². The second-order valence-corrected chi connectivity index (χ2v) is 4.18. The SMILES string of the molecule is c1cnc(-c2nc(Cn3ccnn3)cs2)nc1. The molecule has 0 bridgehead atoms. The van der Waals surface area contributed by atoms with E-state index in [1.807, 2.05) is 5.38 Å². The maximum Gasteiger partial charge on any atom is 0.188 e. The molecule has 3 aromatic heterocycles. The molecule has 0 aliphatic heterocycles. The van der Waals surface area contributed by atoms with E-state index in [9.17, 15) is 0 Å². The molecule has 7 heteroatoms. The molecule has 17 heavy (non-hydrogen) atoms. The van der Waals surface area contributed by atoms with Crippen LogP contribution in [0.5, 0.6) is 0 Å². The van der Waals surface area contributed by atoms with Crippen LogP contribution in [0, 0.1) is 0 Å². The molecule has 0 fully saturated rings. The first-order valence-corrected chi connectivity index (χ1v) is 5.86. The van der Waals surface area contributed by atoms with Crippen LogP contribution in [0.1, 0.15) is 5.69 Å². The molecular formula is C10H8N6S. The summed E-state index contributed by atoms with van der Waals surface area (Å²) in [5.41, 5.74) is 0.933. The van der Waals surface area contributed by atoms with Gasteiger partial charge in [-0.2, -0.15) is 0 Å². The van der Waals surface area contributed by atoms with Gasteiger partial charge in [-0.15, -0.1) is 16.4 Å². The van der Waals surface area contributed by atoms with Gasteiger partial charge in [0.2, 0.25) is 0 Å². The van der Waals surface area contributed by atoms with E-state index in [1.54, 1.807) is 35.5 Å². The van der Waals surface area contributed by atoms with Gasteiger partial charge < -0.3 is 0 Å². The Bertz CT molecular complexity index is 588. The Balaban J connectivity index is 1.84. The number of aromatic nitrogens is 6. The summed E-state index contributed by atoms with van der Waals surface area (Å²) in [4.78, 5) is 12.8. The Morgan fingerprint density at radius 1 is 1.18 bits per heavy atom. The fraction of sp³-hybridized carbons (Fsp3) is 0.100. The minimum absolute atomic E-state index is 0.614. The molecule has 0 saturated carbocycles. The second kappa shape index (κ2) is 4.38. The van der Waals surface area contributed by atoms with Gasteiger partial charge >= 0.3 is 0 Å². The molecule has 0 saturated heterocycles. The smallest absolute Gasteiger partial charge is 0.188 e. The van der Waals surface area contributed by atoms with Gasteiger partial charge in [0.25, 0.3) is 0 Å². The van der Waals surface area contributed by atoms with Gasteiger partial charge in [-0.3, -0.25) is 0 Å². The molecule has 3 aromatic rings. The first-order chi connectivity index (χ1) is 8.42. The van der Waals surface area contributed by atoms with E-state index in [2.05, 4.69) is 25.3 Å². The van der Waals surface area contributed by atoms with Gasteiger partial charge in [-0.05, 0) is 6.07 Å². The molecule has 84 valence electrons. The summed E-state index contributed by atoms with van der Waals surface area (Å²) in [5, 5.41) is 10.4. The normalized spacial score (nSPS) is 10.6. The van der Waals surface area contributed by atoms with E-state index in [4.69, 9.17) is 0 Å². The average molecular weight is 244 g/mol.